The molecule has 0 radical (unpaired) electrons. The van der Waals surface area contributed by atoms with Gasteiger partial charge in [0.25, 0.3) is 11.8 Å². The van der Waals surface area contributed by atoms with Crippen LogP contribution in [-0.2, 0) is 35.3 Å². The Morgan fingerprint density at radius 1 is 0.442 bits per heavy atom. The molecule has 5 nitrogen and oxygen atoms in total. The van der Waals surface area contributed by atoms with E-state index in [4.69, 9.17) is 0 Å². The minimum Gasteiger partial charge on any atom is -0.353 e. The summed E-state index contributed by atoms with van der Waals surface area (Å²) in [7, 11) is 0. The second kappa shape index (κ2) is 31.2. The van der Waals surface area contributed by atoms with Crippen LogP contribution in [0.5, 0.6) is 0 Å². The second-order valence-electron chi connectivity index (χ2n) is 24.9. The molecule has 0 aromatic carbocycles. The van der Waals surface area contributed by atoms with Crippen LogP contribution in [0.4, 0.5) is 0 Å². The minimum atomic E-state index is -0.0275. The van der Waals surface area contributed by atoms with E-state index in [9.17, 15) is 0 Å². The van der Waals surface area contributed by atoms with E-state index < -0.39 is 0 Å². The van der Waals surface area contributed by atoms with E-state index in [0.29, 0.717) is 24.2 Å². The molecule has 2 aliphatic heterocycles. The summed E-state index contributed by atoms with van der Waals surface area (Å²) in [5, 5.41) is 2.32. The molecule has 3 aliphatic rings. The number of H-pyrrole nitrogens is 1. The first-order chi connectivity index (χ1) is 42.1. The third-order valence-corrected chi connectivity index (χ3v) is 25.1. The number of nitrogens with one attached hydrogen (secondary N) is 1. The fraction of sp³-hybridized carbons (Fsp3) is 0.493. The Kier molecular flexibility index (Phi) is 23.4. The van der Waals surface area contributed by atoms with Crippen molar-refractivity contribution in [1.29, 1.82) is 0 Å². The first-order valence-corrected chi connectivity index (χ1v) is 38.4. The predicted octanol–water partition coefficient (Wildman–Crippen LogP) is 24.2. The van der Waals surface area contributed by atoms with Crippen molar-refractivity contribution in [3.05, 3.63) is 132 Å². The number of fused-ring (bicyclic) bond motifs is 1. The highest BCUT2D eigenvalue weighted by atomic mass is 32.1. The number of amides is 2. The van der Waals surface area contributed by atoms with Crippen molar-refractivity contribution < 1.29 is 9.59 Å². The van der Waals surface area contributed by atoms with Crippen molar-refractivity contribution in [2.45, 2.75) is 216 Å². The van der Waals surface area contributed by atoms with Crippen molar-refractivity contribution in [1.82, 2.24) is 14.8 Å². The Bertz CT molecular complexity index is 3510. The maximum atomic E-state index is 15.6. The van der Waals surface area contributed by atoms with Gasteiger partial charge in [-0.1, -0.05) is 164 Å². The van der Waals surface area contributed by atoms with E-state index in [-0.39, 0.29) is 23.7 Å². The Morgan fingerprint density at radius 2 is 0.895 bits per heavy atom. The van der Waals surface area contributed by atoms with Gasteiger partial charge in [-0.05, 0) is 176 Å². The summed E-state index contributed by atoms with van der Waals surface area (Å²) in [6, 6.07) is 23.4. The summed E-state index contributed by atoms with van der Waals surface area (Å²) >= 11 is 11.2. The number of allylic oxidation sites excluding steroid dienone is 4. The second-order valence-corrected chi connectivity index (χ2v) is 31.2. The zero-order valence-electron chi connectivity index (χ0n) is 53.0. The molecule has 11 heteroatoms. The highest BCUT2D eigenvalue weighted by Crippen LogP contribution is 2.53. The fourth-order valence-corrected chi connectivity index (χ4v) is 20.2. The van der Waals surface area contributed by atoms with Gasteiger partial charge < -0.3 is 14.8 Å². The first kappa shape index (κ1) is 64.4. The number of aromatic nitrogens is 1. The molecule has 2 amide bonds. The maximum absolute atomic E-state index is 15.6. The van der Waals surface area contributed by atoms with Crippen LogP contribution in [0.2, 0.25) is 0 Å². The van der Waals surface area contributed by atoms with E-state index in [1.54, 1.807) is 22.7 Å². The number of carbonyl (C=O) groups is 2. The van der Waals surface area contributed by atoms with Crippen LogP contribution in [0.25, 0.3) is 67.4 Å². The van der Waals surface area contributed by atoms with Crippen LogP contribution >= 0.6 is 68.0 Å². The third-order valence-electron chi connectivity index (χ3n) is 17.7. The van der Waals surface area contributed by atoms with Gasteiger partial charge >= 0.3 is 0 Å². The summed E-state index contributed by atoms with van der Waals surface area (Å²) in [5.41, 5.74) is 12.5. The highest BCUT2D eigenvalue weighted by molar-refractivity contribution is 7.25. The van der Waals surface area contributed by atoms with E-state index in [2.05, 4.69) is 145 Å². The number of nitrogens with zero attached hydrogens (tertiary/aromatic N) is 2. The molecule has 2 unspecified atom stereocenters. The minimum absolute atomic E-state index is 0.0275. The van der Waals surface area contributed by atoms with Crippen LogP contribution in [0.3, 0.4) is 0 Å². The van der Waals surface area contributed by atoms with E-state index in [0.717, 1.165) is 85.4 Å². The number of hydrogen-bond donors (Lipinski definition) is 1. The summed E-state index contributed by atoms with van der Waals surface area (Å²) < 4.78 is 0. The molecule has 86 heavy (non-hydrogen) atoms. The molecule has 0 fully saturated rings. The molecule has 9 heterocycles. The lowest BCUT2D eigenvalue weighted by molar-refractivity contribution is -0.124. The van der Waals surface area contributed by atoms with Gasteiger partial charge in [0.15, 0.2) is 0 Å². The van der Waals surface area contributed by atoms with Crippen molar-refractivity contribution in [2.75, 3.05) is 13.1 Å². The quantitative estimate of drug-likeness (QED) is 0.0398. The number of aryl methyl sites for hydroxylation is 4. The van der Waals surface area contributed by atoms with Crippen LogP contribution in [0, 0.1) is 11.8 Å². The largest absolute Gasteiger partial charge is 0.353 e. The summed E-state index contributed by atoms with van der Waals surface area (Å²) in [6.07, 6.45) is 36.2. The maximum Gasteiger partial charge on any atom is 0.261 e. The van der Waals surface area contributed by atoms with Gasteiger partial charge in [0.05, 0.1) is 53.4 Å². The predicted molar refractivity (Wildman–Crippen MR) is 380 cm³/mol. The average Bonchev–Trinajstić information content (AvgIpc) is 1.58. The lowest BCUT2D eigenvalue weighted by Gasteiger charge is -2.27. The highest BCUT2D eigenvalue weighted by Gasteiger charge is 2.50. The van der Waals surface area contributed by atoms with Crippen LogP contribution < -0.4 is 0 Å². The van der Waals surface area contributed by atoms with Crippen molar-refractivity contribution >= 4 is 96.8 Å². The van der Waals surface area contributed by atoms with Crippen molar-refractivity contribution in [3.63, 3.8) is 0 Å². The Morgan fingerprint density at radius 3 is 1.40 bits per heavy atom. The normalized spacial score (nSPS) is 15.0. The van der Waals surface area contributed by atoms with Gasteiger partial charge in [-0.2, -0.15) is 0 Å². The molecule has 7 aromatic heterocycles. The van der Waals surface area contributed by atoms with Crippen molar-refractivity contribution in [3.8, 4) is 50.4 Å². The number of carbonyl (C=O) groups excluding carboxylic acids is 2. The zero-order valence-corrected chi connectivity index (χ0v) is 57.9. The molecule has 0 spiro atoms. The number of hydrogen-bond acceptors (Lipinski definition) is 8. The molecule has 0 saturated heterocycles. The molecule has 1 N–H and O–H groups in total. The van der Waals surface area contributed by atoms with Crippen LogP contribution in [-0.4, -0.2) is 39.7 Å². The summed E-state index contributed by atoms with van der Waals surface area (Å²) in [5.74, 6) is 0.493. The molecule has 2 atom stereocenters. The molecular formula is C75H95N3O2S6. The number of thiophene rings is 6. The molecule has 0 saturated carbocycles. The van der Waals surface area contributed by atoms with Gasteiger partial charge in [-0.3, -0.25) is 9.59 Å². The molecule has 1 aliphatic carbocycles. The molecule has 10 rings (SSSR count). The Labute approximate surface area is 540 Å². The van der Waals surface area contributed by atoms with E-state index in [1.807, 2.05) is 55.1 Å². The van der Waals surface area contributed by atoms with Gasteiger partial charge in [-0.25, -0.2) is 0 Å². The lowest BCUT2D eigenvalue weighted by Crippen LogP contribution is -2.33. The van der Waals surface area contributed by atoms with E-state index in [1.165, 1.54) is 179 Å². The molecule has 0 bridgehead atoms. The SMILES string of the molecule is CCCCCCc1cc(-c2ccc(C3=C4C(=O)N(CC(C)CCC)C(c5ccc(-c6cc(CCCCCC)c(-c7ccc(-c8cc(CCCCCC)c(-c9sccc9CCCCCC)s8)[nH]7)s6)s5)=C4C(=O)N3CC(C)CCC)s2)sc1C1=CC=CC1. The van der Waals surface area contributed by atoms with Gasteiger partial charge in [0.2, 0.25) is 0 Å². The lowest BCUT2D eigenvalue weighted by atomic mass is 10.0. The summed E-state index contributed by atoms with van der Waals surface area (Å²) in [6.45, 7) is 19.3. The summed E-state index contributed by atoms with van der Waals surface area (Å²) in [4.78, 5) is 53.2. The number of rotatable bonds is 36. The first-order valence-electron chi connectivity index (χ1n) is 33.4. The Balaban J connectivity index is 1.01. The Hall–Kier alpha value is -4.62. The van der Waals surface area contributed by atoms with E-state index >= 15 is 9.59 Å². The van der Waals surface area contributed by atoms with Gasteiger partial charge in [0, 0.05) is 47.2 Å². The fourth-order valence-electron chi connectivity index (χ4n) is 13.1. The molecule has 458 valence electrons. The molecular weight excluding hydrogens is 1170 g/mol. The molecule has 7 aromatic rings. The topological polar surface area (TPSA) is 56.4 Å². The van der Waals surface area contributed by atoms with Crippen LogP contribution in [0.15, 0.2) is 95.4 Å². The standard InChI is InChI=1S/C75H95N3O2S6/c1-9-15-19-23-31-53-43-44-81-72(53)73-56(36-26-22-18-12-4)45-63(84-73)57-37-38-58(76-57)71-55(35-25-21-17-11-3)47-65(86-71)60-40-42-62(83-60)69-67-66(74(79)78(69)49-51(8)30-14-6)68(77(75(67)80)48-50(7)29-13-5)61-41-39-59(82-61)64-46-54(34-24-20-16-10-2)70(85-64)52-32-27-28-33-52/h27-28,32,37-47,50-51,76H,9-26,29-31,33-36,48-49H2,1-8H3. The van der Waals surface area contributed by atoms with Crippen LogP contribution in [0.1, 0.15) is 227 Å². The average molecular weight is 1260 g/mol. The third kappa shape index (κ3) is 14.8. The number of unbranched alkanes of at least 4 members (excludes halogenated alkanes) is 12. The van der Waals surface area contributed by atoms with Crippen molar-refractivity contribution in [2.24, 2.45) is 11.8 Å². The van der Waals surface area contributed by atoms with Gasteiger partial charge in [-0.15, -0.1) is 68.0 Å². The zero-order chi connectivity index (χ0) is 60.1. The number of aromatic amines is 1. The smallest absolute Gasteiger partial charge is 0.261 e. The van der Waals surface area contributed by atoms with Gasteiger partial charge in [0.1, 0.15) is 0 Å². The monoisotopic (exact) mass is 1260 g/mol.